The van der Waals surface area contributed by atoms with Crippen molar-refractivity contribution in [3.63, 3.8) is 0 Å². The van der Waals surface area contributed by atoms with Crippen LogP contribution in [0.25, 0.3) is 0 Å². The van der Waals surface area contributed by atoms with Gasteiger partial charge in [0.2, 0.25) is 0 Å². The highest BCUT2D eigenvalue weighted by atomic mass is 32.1. The van der Waals surface area contributed by atoms with Gasteiger partial charge in [-0.05, 0) is 22.9 Å². The Labute approximate surface area is 110 Å². The molecule has 4 heteroatoms. The van der Waals surface area contributed by atoms with Gasteiger partial charge in [0, 0.05) is 35.9 Å². The smallest absolute Gasteiger partial charge is 0.0587 e. The lowest BCUT2D eigenvalue weighted by atomic mass is 10.1. The molecule has 2 aromatic heterocycles. The molecule has 1 N–H and O–H groups in total. The van der Waals surface area contributed by atoms with Crippen molar-refractivity contribution in [1.29, 1.82) is 0 Å². The van der Waals surface area contributed by atoms with Gasteiger partial charge in [0.05, 0.1) is 6.61 Å². The number of thiophene rings is 2. The number of methoxy groups -OCH3 is 1. The molecule has 0 amide bonds. The van der Waals surface area contributed by atoms with Crippen LogP contribution in [0.4, 0.5) is 0 Å². The van der Waals surface area contributed by atoms with E-state index in [9.17, 15) is 0 Å². The third-order valence-corrected chi connectivity index (χ3v) is 4.45. The maximum Gasteiger partial charge on any atom is 0.0587 e. The standard InChI is InChI=1S/C13H17NOS2/c1-15-7-6-14-12(13-5-3-9-17-13)10-11-4-2-8-16-11/h2-5,8-9,12,14H,6-7,10H2,1H3. The van der Waals surface area contributed by atoms with Gasteiger partial charge in [-0.15, -0.1) is 22.7 Å². The molecule has 0 radical (unpaired) electrons. The van der Waals surface area contributed by atoms with Gasteiger partial charge in [-0.2, -0.15) is 0 Å². The van der Waals surface area contributed by atoms with Crippen LogP contribution in [0.2, 0.25) is 0 Å². The molecule has 0 aliphatic carbocycles. The highest BCUT2D eigenvalue weighted by Gasteiger charge is 2.12. The van der Waals surface area contributed by atoms with Crippen molar-refractivity contribution in [3.05, 3.63) is 44.8 Å². The van der Waals surface area contributed by atoms with Crippen LogP contribution in [0, 0.1) is 0 Å². The summed E-state index contributed by atoms with van der Waals surface area (Å²) in [5.74, 6) is 0. The molecule has 2 aromatic rings. The van der Waals surface area contributed by atoms with Crippen molar-refractivity contribution >= 4 is 22.7 Å². The number of ether oxygens (including phenoxy) is 1. The number of hydrogen-bond acceptors (Lipinski definition) is 4. The molecular formula is C13H17NOS2. The van der Waals surface area contributed by atoms with Crippen LogP contribution in [0.1, 0.15) is 15.8 Å². The third-order valence-electron chi connectivity index (χ3n) is 2.57. The fourth-order valence-corrected chi connectivity index (χ4v) is 3.28. The highest BCUT2D eigenvalue weighted by Crippen LogP contribution is 2.24. The van der Waals surface area contributed by atoms with Crippen molar-refractivity contribution in [2.24, 2.45) is 0 Å². The Morgan fingerprint density at radius 1 is 1.24 bits per heavy atom. The third kappa shape index (κ3) is 3.92. The molecule has 0 saturated carbocycles. The van der Waals surface area contributed by atoms with E-state index < -0.39 is 0 Å². The van der Waals surface area contributed by atoms with Crippen LogP contribution < -0.4 is 5.32 Å². The zero-order chi connectivity index (χ0) is 11.9. The Morgan fingerprint density at radius 2 is 2.06 bits per heavy atom. The van der Waals surface area contributed by atoms with Gasteiger partial charge < -0.3 is 10.1 Å². The second-order valence-electron chi connectivity index (χ2n) is 3.80. The summed E-state index contributed by atoms with van der Waals surface area (Å²) in [6, 6.07) is 9.02. The topological polar surface area (TPSA) is 21.3 Å². The van der Waals surface area contributed by atoms with E-state index in [1.54, 1.807) is 7.11 Å². The minimum Gasteiger partial charge on any atom is -0.383 e. The van der Waals surface area contributed by atoms with E-state index in [1.165, 1.54) is 9.75 Å². The van der Waals surface area contributed by atoms with Gasteiger partial charge in [0.25, 0.3) is 0 Å². The lowest BCUT2D eigenvalue weighted by Crippen LogP contribution is -2.25. The van der Waals surface area contributed by atoms with Crippen LogP contribution in [-0.4, -0.2) is 20.3 Å². The monoisotopic (exact) mass is 267 g/mol. The maximum atomic E-state index is 5.09. The van der Waals surface area contributed by atoms with Crippen molar-refractivity contribution in [2.75, 3.05) is 20.3 Å². The predicted octanol–water partition coefficient (Wildman–Crippen LogP) is 3.33. The van der Waals surface area contributed by atoms with E-state index in [0.29, 0.717) is 6.04 Å². The van der Waals surface area contributed by atoms with Crippen LogP contribution in [0.15, 0.2) is 35.0 Å². The van der Waals surface area contributed by atoms with E-state index in [4.69, 9.17) is 4.74 Å². The van der Waals surface area contributed by atoms with Crippen molar-refractivity contribution in [1.82, 2.24) is 5.32 Å². The summed E-state index contributed by atoms with van der Waals surface area (Å²) in [7, 11) is 1.74. The molecule has 17 heavy (non-hydrogen) atoms. The molecular weight excluding hydrogens is 250 g/mol. The first-order valence-corrected chi connectivity index (χ1v) is 7.44. The van der Waals surface area contributed by atoms with Crippen molar-refractivity contribution < 1.29 is 4.74 Å². The molecule has 92 valence electrons. The number of rotatable bonds is 7. The summed E-state index contributed by atoms with van der Waals surface area (Å²) in [6.07, 6.45) is 1.06. The second-order valence-corrected chi connectivity index (χ2v) is 5.81. The minimum atomic E-state index is 0.406. The zero-order valence-corrected chi connectivity index (χ0v) is 11.5. The molecule has 0 bridgehead atoms. The van der Waals surface area contributed by atoms with Gasteiger partial charge in [0.1, 0.15) is 0 Å². The molecule has 0 fully saturated rings. The molecule has 1 atom stereocenters. The lowest BCUT2D eigenvalue weighted by molar-refractivity contribution is 0.196. The Bertz CT molecular complexity index is 397. The molecule has 0 saturated heterocycles. The molecule has 0 aliphatic rings. The summed E-state index contributed by atoms with van der Waals surface area (Å²) in [4.78, 5) is 2.82. The molecule has 0 spiro atoms. The van der Waals surface area contributed by atoms with Crippen LogP contribution >= 0.6 is 22.7 Å². The Hall–Kier alpha value is -0.680. The molecule has 2 rings (SSSR count). The first-order valence-electron chi connectivity index (χ1n) is 5.68. The second kappa shape index (κ2) is 6.91. The molecule has 2 heterocycles. The van der Waals surface area contributed by atoms with E-state index >= 15 is 0 Å². The molecule has 1 unspecified atom stereocenters. The van der Waals surface area contributed by atoms with E-state index in [1.807, 2.05) is 22.7 Å². The minimum absolute atomic E-state index is 0.406. The fraction of sp³-hybridized carbons (Fsp3) is 0.385. The van der Waals surface area contributed by atoms with Gasteiger partial charge in [-0.25, -0.2) is 0 Å². The van der Waals surface area contributed by atoms with Gasteiger partial charge in [-0.3, -0.25) is 0 Å². The lowest BCUT2D eigenvalue weighted by Gasteiger charge is -2.16. The van der Waals surface area contributed by atoms with Crippen LogP contribution in [0.3, 0.4) is 0 Å². The summed E-state index contributed by atoms with van der Waals surface area (Å²) in [6.45, 7) is 1.65. The fourth-order valence-electron chi connectivity index (χ4n) is 1.73. The number of hydrogen-bond donors (Lipinski definition) is 1. The maximum absolute atomic E-state index is 5.09. The van der Waals surface area contributed by atoms with E-state index in [0.717, 1.165) is 19.6 Å². The first kappa shape index (κ1) is 12.8. The van der Waals surface area contributed by atoms with Crippen molar-refractivity contribution in [2.45, 2.75) is 12.5 Å². The largest absolute Gasteiger partial charge is 0.383 e. The summed E-state index contributed by atoms with van der Waals surface area (Å²) in [5.41, 5.74) is 0. The molecule has 0 aromatic carbocycles. The SMILES string of the molecule is COCCNC(Cc1cccs1)c1cccs1. The summed E-state index contributed by atoms with van der Waals surface area (Å²) in [5, 5.41) is 7.82. The van der Waals surface area contributed by atoms with Gasteiger partial charge >= 0.3 is 0 Å². The van der Waals surface area contributed by atoms with Crippen LogP contribution in [-0.2, 0) is 11.2 Å². The number of nitrogens with one attached hydrogen (secondary N) is 1. The molecule has 2 nitrogen and oxygen atoms in total. The average Bonchev–Trinajstić information content (AvgIpc) is 3.01. The van der Waals surface area contributed by atoms with E-state index in [-0.39, 0.29) is 0 Å². The Morgan fingerprint density at radius 3 is 2.71 bits per heavy atom. The highest BCUT2D eigenvalue weighted by molar-refractivity contribution is 7.10. The predicted molar refractivity (Wildman–Crippen MR) is 75.0 cm³/mol. The van der Waals surface area contributed by atoms with Crippen molar-refractivity contribution in [3.8, 4) is 0 Å². The zero-order valence-electron chi connectivity index (χ0n) is 9.89. The van der Waals surface area contributed by atoms with E-state index in [2.05, 4.69) is 40.3 Å². The molecule has 0 aliphatic heterocycles. The van der Waals surface area contributed by atoms with Gasteiger partial charge in [0.15, 0.2) is 0 Å². The quantitative estimate of drug-likeness (QED) is 0.777. The summed E-state index contributed by atoms with van der Waals surface area (Å²) >= 11 is 3.63. The summed E-state index contributed by atoms with van der Waals surface area (Å²) < 4.78 is 5.09. The Balaban J connectivity index is 1.97. The Kier molecular flexibility index (Phi) is 5.19. The normalized spacial score (nSPS) is 12.8. The van der Waals surface area contributed by atoms with Gasteiger partial charge in [-0.1, -0.05) is 12.1 Å². The average molecular weight is 267 g/mol. The van der Waals surface area contributed by atoms with Crippen LogP contribution in [0.5, 0.6) is 0 Å². The first-order chi connectivity index (χ1) is 8.40.